The Morgan fingerprint density at radius 2 is 1.87 bits per heavy atom. The Bertz CT molecular complexity index is 1030. The lowest BCUT2D eigenvalue weighted by molar-refractivity contribution is -0.139. The van der Waals surface area contributed by atoms with Crippen LogP contribution < -0.4 is 14.2 Å². The number of carbonyl (C=O) groups is 2. The molecule has 0 N–H and O–H groups in total. The minimum Gasteiger partial charge on any atom is -0.493 e. The third kappa shape index (κ3) is 4.73. The molecule has 30 heavy (non-hydrogen) atoms. The molecule has 1 aliphatic rings. The van der Waals surface area contributed by atoms with E-state index in [1.165, 1.54) is 43.6 Å². The van der Waals surface area contributed by atoms with Gasteiger partial charge in [-0.2, -0.15) is 11.3 Å². The summed E-state index contributed by atoms with van der Waals surface area (Å²) in [6.45, 7) is 0.320. The van der Waals surface area contributed by atoms with Gasteiger partial charge in [0.1, 0.15) is 0 Å². The molecule has 0 bridgehead atoms. The number of amides is 2. The minimum absolute atomic E-state index is 0.320. The van der Waals surface area contributed by atoms with Crippen molar-refractivity contribution in [3.63, 3.8) is 0 Å². The highest BCUT2D eigenvalue weighted by Gasteiger charge is 2.25. The molecule has 1 aromatic carbocycles. The molecule has 0 saturated heterocycles. The lowest BCUT2D eigenvalue weighted by Crippen LogP contribution is -2.39. The van der Waals surface area contributed by atoms with Gasteiger partial charge in [0.25, 0.3) is 11.8 Å². The van der Waals surface area contributed by atoms with E-state index < -0.39 is 5.91 Å². The molecule has 1 aromatic heterocycles. The van der Waals surface area contributed by atoms with Gasteiger partial charge in [0.15, 0.2) is 11.5 Å². The predicted molar refractivity (Wildman–Crippen MR) is 116 cm³/mol. The van der Waals surface area contributed by atoms with E-state index in [1.807, 2.05) is 16.8 Å². The second-order valence-electron chi connectivity index (χ2n) is 6.26. The van der Waals surface area contributed by atoms with Crippen LogP contribution in [0, 0.1) is 11.8 Å². The van der Waals surface area contributed by atoms with Gasteiger partial charge in [-0.25, -0.2) is 0 Å². The number of thiophene rings is 1. The van der Waals surface area contributed by atoms with E-state index in [0.29, 0.717) is 41.4 Å². The quantitative estimate of drug-likeness (QED) is 0.544. The van der Waals surface area contributed by atoms with Crippen LogP contribution >= 0.6 is 11.3 Å². The number of ether oxygens (including phenoxy) is 3. The molecule has 2 heterocycles. The Morgan fingerprint density at radius 3 is 2.47 bits per heavy atom. The molecule has 2 amide bonds. The molecule has 1 aliphatic heterocycles. The molecule has 0 unspecified atom stereocenters. The van der Waals surface area contributed by atoms with Crippen molar-refractivity contribution in [1.29, 1.82) is 0 Å². The van der Waals surface area contributed by atoms with Crippen molar-refractivity contribution in [3.05, 3.63) is 57.8 Å². The van der Waals surface area contributed by atoms with E-state index >= 15 is 0 Å². The lowest BCUT2D eigenvalue weighted by atomic mass is 10.1. The Kier molecular flexibility index (Phi) is 6.94. The molecule has 6 nitrogen and oxygen atoms in total. The number of benzene rings is 1. The summed E-state index contributed by atoms with van der Waals surface area (Å²) in [5.41, 5.74) is 1.86. The maximum absolute atomic E-state index is 12.7. The topological polar surface area (TPSA) is 65.1 Å². The van der Waals surface area contributed by atoms with Crippen molar-refractivity contribution in [2.45, 2.75) is 6.42 Å². The van der Waals surface area contributed by atoms with E-state index in [-0.39, 0.29) is 5.91 Å². The van der Waals surface area contributed by atoms with Gasteiger partial charge < -0.3 is 14.2 Å². The van der Waals surface area contributed by atoms with Gasteiger partial charge >= 0.3 is 0 Å². The van der Waals surface area contributed by atoms with Crippen LogP contribution in [0.2, 0.25) is 0 Å². The number of hydrogen-bond acceptors (Lipinski definition) is 6. The van der Waals surface area contributed by atoms with Gasteiger partial charge in [-0.3, -0.25) is 14.5 Å². The van der Waals surface area contributed by atoms with Gasteiger partial charge in [-0.1, -0.05) is 17.9 Å². The van der Waals surface area contributed by atoms with Crippen LogP contribution in [0.25, 0.3) is 6.08 Å². The third-order valence-electron chi connectivity index (χ3n) is 4.41. The van der Waals surface area contributed by atoms with Crippen LogP contribution in [-0.2, 0) is 9.59 Å². The van der Waals surface area contributed by atoms with Crippen molar-refractivity contribution in [1.82, 2.24) is 4.90 Å². The fourth-order valence-electron chi connectivity index (χ4n) is 2.92. The molecular weight excluding hydrogens is 402 g/mol. The molecule has 0 atom stereocenters. The first-order valence-electron chi connectivity index (χ1n) is 9.15. The van der Waals surface area contributed by atoms with Gasteiger partial charge in [-0.05, 0) is 41.6 Å². The molecule has 0 radical (unpaired) electrons. The van der Waals surface area contributed by atoms with E-state index in [4.69, 9.17) is 14.2 Å². The minimum atomic E-state index is -0.406. The molecule has 0 fully saturated rings. The van der Waals surface area contributed by atoms with E-state index in [1.54, 1.807) is 24.3 Å². The summed E-state index contributed by atoms with van der Waals surface area (Å²) in [5, 5.41) is 3.83. The fraction of sp³-hybridized carbons (Fsp3) is 0.217. The summed E-state index contributed by atoms with van der Waals surface area (Å²) in [6.07, 6.45) is 5.31. The number of hydrogen-bond donors (Lipinski definition) is 0. The van der Waals surface area contributed by atoms with Crippen LogP contribution in [-0.4, -0.2) is 44.6 Å². The van der Waals surface area contributed by atoms with Crippen molar-refractivity contribution in [2.75, 3.05) is 27.9 Å². The number of nitrogens with zero attached hydrogens (tertiary/aromatic N) is 1. The standard InChI is InChI=1S/C23H21NO5S/c1-27-19-13-17(14-20(28-2)22(19)29-3)7-9-21(25)24-11-4-5-18(23(24)26)8-6-16-10-12-30-15-16/h5,7,9-10,12-15H,4,11H2,1-3H3/b9-7+. The lowest BCUT2D eigenvalue weighted by Gasteiger charge is -2.22. The van der Waals surface area contributed by atoms with Gasteiger partial charge in [-0.15, -0.1) is 0 Å². The van der Waals surface area contributed by atoms with Crippen LogP contribution in [0.15, 0.2) is 46.7 Å². The Hall–Kier alpha value is -3.50. The Balaban J connectivity index is 1.76. The Labute approximate surface area is 179 Å². The molecular formula is C23H21NO5S. The van der Waals surface area contributed by atoms with Crippen LogP contribution in [0.1, 0.15) is 17.5 Å². The molecule has 7 heteroatoms. The zero-order chi connectivity index (χ0) is 21.5. The number of methoxy groups -OCH3 is 3. The summed E-state index contributed by atoms with van der Waals surface area (Å²) in [6, 6.07) is 5.33. The molecule has 0 aliphatic carbocycles. The fourth-order valence-corrected chi connectivity index (χ4v) is 3.51. The summed E-state index contributed by atoms with van der Waals surface area (Å²) < 4.78 is 15.9. The largest absolute Gasteiger partial charge is 0.493 e. The van der Waals surface area contributed by atoms with Gasteiger partial charge in [0.2, 0.25) is 5.75 Å². The average Bonchev–Trinajstić information content (AvgIpc) is 3.29. The monoisotopic (exact) mass is 423 g/mol. The zero-order valence-corrected chi connectivity index (χ0v) is 17.7. The normalized spacial score (nSPS) is 13.5. The SMILES string of the molecule is COc1cc(/C=C/C(=O)N2CCC=C(C#Cc3ccsc3)C2=O)cc(OC)c1OC. The second-order valence-corrected chi connectivity index (χ2v) is 7.04. The Morgan fingerprint density at radius 1 is 1.13 bits per heavy atom. The van der Waals surface area contributed by atoms with E-state index in [2.05, 4.69) is 11.8 Å². The second kappa shape index (κ2) is 9.81. The van der Waals surface area contributed by atoms with Crippen LogP contribution in [0.4, 0.5) is 0 Å². The summed E-state index contributed by atoms with van der Waals surface area (Å²) in [5.74, 6) is 6.46. The van der Waals surface area contributed by atoms with Crippen molar-refractivity contribution in [2.24, 2.45) is 0 Å². The number of imide groups is 1. The number of carbonyl (C=O) groups excluding carboxylic acids is 2. The summed E-state index contributed by atoms with van der Waals surface area (Å²) in [4.78, 5) is 26.5. The maximum atomic E-state index is 12.7. The highest BCUT2D eigenvalue weighted by Crippen LogP contribution is 2.38. The van der Waals surface area contributed by atoms with Crippen molar-refractivity contribution < 1.29 is 23.8 Å². The van der Waals surface area contributed by atoms with Crippen molar-refractivity contribution in [3.8, 4) is 29.1 Å². The average molecular weight is 423 g/mol. The molecule has 0 saturated carbocycles. The number of rotatable bonds is 5. The molecule has 0 spiro atoms. The predicted octanol–water partition coefficient (Wildman–Crippen LogP) is 3.52. The van der Waals surface area contributed by atoms with E-state index in [9.17, 15) is 9.59 Å². The first kappa shape index (κ1) is 21.2. The maximum Gasteiger partial charge on any atom is 0.268 e. The zero-order valence-electron chi connectivity index (χ0n) is 16.9. The molecule has 3 rings (SSSR count). The van der Waals surface area contributed by atoms with Crippen LogP contribution in [0.5, 0.6) is 17.2 Å². The first-order valence-corrected chi connectivity index (χ1v) is 10.1. The highest BCUT2D eigenvalue weighted by atomic mass is 32.1. The summed E-state index contributed by atoms with van der Waals surface area (Å²) >= 11 is 1.54. The molecule has 2 aromatic rings. The summed E-state index contributed by atoms with van der Waals surface area (Å²) in [7, 11) is 4.56. The third-order valence-corrected chi connectivity index (χ3v) is 5.09. The van der Waals surface area contributed by atoms with E-state index in [0.717, 1.165) is 5.56 Å². The smallest absolute Gasteiger partial charge is 0.268 e. The van der Waals surface area contributed by atoms with Crippen LogP contribution in [0.3, 0.4) is 0 Å². The van der Waals surface area contributed by atoms with Crippen molar-refractivity contribution >= 4 is 29.2 Å². The molecule has 154 valence electrons. The van der Waals surface area contributed by atoms with Gasteiger partial charge in [0.05, 0.1) is 26.9 Å². The van der Waals surface area contributed by atoms with Gasteiger partial charge in [0, 0.05) is 23.6 Å². The first-order chi connectivity index (χ1) is 14.6. The highest BCUT2D eigenvalue weighted by molar-refractivity contribution is 7.08.